The predicted molar refractivity (Wildman–Crippen MR) is 91.3 cm³/mol. The van der Waals surface area contributed by atoms with Crippen LogP contribution >= 0.6 is 27.5 Å². The van der Waals surface area contributed by atoms with Crippen LogP contribution in [0.1, 0.15) is 5.56 Å². The van der Waals surface area contributed by atoms with Crippen LogP contribution < -0.4 is 5.73 Å². The molecule has 1 aromatic heterocycles. The summed E-state index contributed by atoms with van der Waals surface area (Å²) in [4.78, 5) is 0. The van der Waals surface area contributed by atoms with Gasteiger partial charge in [-0.15, -0.1) is 0 Å². The van der Waals surface area contributed by atoms with E-state index in [9.17, 15) is 0 Å². The minimum atomic E-state index is 0.463. The molecular formula is C16H13BrClN3. The van der Waals surface area contributed by atoms with Gasteiger partial charge in [0, 0.05) is 10.0 Å². The van der Waals surface area contributed by atoms with E-state index in [1.807, 2.05) is 42.5 Å². The molecule has 0 saturated carbocycles. The first-order chi connectivity index (χ1) is 10.1. The minimum absolute atomic E-state index is 0.463. The first-order valence-corrected chi connectivity index (χ1v) is 7.60. The SMILES string of the molecule is Cc1ccc(-c2c(N)n[nH]c2-c2cccc(Br)c2Cl)cc1. The summed E-state index contributed by atoms with van der Waals surface area (Å²) >= 11 is 9.83. The molecule has 21 heavy (non-hydrogen) atoms. The number of benzene rings is 2. The summed E-state index contributed by atoms with van der Waals surface area (Å²) < 4.78 is 0.838. The number of H-pyrrole nitrogens is 1. The summed E-state index contributed by atoms with van der Waals surface area (Å²) in [6, 6.07) is 13.9. The van der Waals surface area contributed by atoms with E-state index in [1.165, 1.54) is 5.56 Å². The molecule has 5 heteroatoms. The van der Waals surface area contributed by atoms with E-state index in [0.717, 1.165) is 26.9 Å². The molecule has 3 aromatic rings. The fourth-order valence-corrected chi connectivity index (χ4v) is 2.85. The van der Waals surface area contributed by atoms with Crippen molar-refractivity contribution in [3.8, 4) is 22.4 Å². The lowest BCUT2D eigenvalue weighted by atomic mass is 10.00. The molecule has 1 heterocycles. The molecule has 3 N–H and O–H groups in total. The standard InChI is InChI=1S/C16H13BrClN3/c1-9-5-7-10(8-6-9)13-15(20-21-16(13)19)11-3-2-4-12(17)14(11)18/h2-8H,1H3,(H3,19,20,21). The Morgan fingerprint density at radius 2 is 1.86 bits per heavy atom. The maximum atomic E-state index is 6.39. The van der Waals surface area contributed by atoms with Crippen molar-refractivity contribution in [2.45, 2.75) is 6.92 Å². The number of rotatable bonds is 2. The molecule has 0 unspecified atom stereocenters. The number of hydrogen-bond acceptors (Lipinski definition) is 2. The summed E-state index contributed by atoms with van der Waals surface area (Å²) in [5.74, 6) is 0.463. The van der Waals surface area contributed by atoms with Gasteiger partial charge in [-0.05, 0) is 34.5 Å². The van der Waals surface area contributed by atoms with Gasteiger partial charge in [0.25, 0.3) is 0 Å². The summed E-state index contributed by atoms with van der Waals surface area (Å²) in [6.07, 6.45) is 0. The molecule has 0 spiro atoms. The maximum Gasteiger partial charge on any atom is 0.153 e. The molecule has 0 aliphatic heterocycles. The molecule has 0 aliphatic carbocycles. The molecule has 0 aliphatic rings. The van der Waals surface area contributed by atoms with Crippen molar-refractivity contribution < 1.29 is 0 Å². The van der Waals surface area contributed by atoms with Gasteiger partial charge in [-0.1, -0.05) is 53.6 Å². The number of nitrogens with two attached hydrogens (primary N) is 1. The van der Waals surface area contributed by atoms with E-state index in [2.05, 4.69) is 33.1 Å². The molecule has 3 nitrogen and oxygen atoms in total. The number of nitrogens with zero attached hydrogens (tertiary/aromatic N) is 1. The van der Waals surface area contributed by atoms with Crippen molar-refractivity contribution in [2.24, 2.45) is 0 Å². The highest BCUT2D eigenvalue weighted by Crippen LogP contribution is 2.40. The average molecular weight is 363 g/mol. The molecule has 0 bridgehead atoms. The third-order valence-corrected chi connectivity index (χ3v) is 4.65. The van der Waals surface area contributed by atoms with Gasteiger partial charge in [0.05, 0.1) is 16.3 Å². The molecule has 2 aromatic carbocycles. The molecule has 0 radical (unpaired) electrons. The third kappa shape index (κ3) is 2.57. The van der Waals surface area contributed by atoms with Gasteiger partial charge in [-0.2, -0.15) is 5.10 Å². The Balaban J connectivity index is 2.22. The summed E-state index contributed by atoms with van der Waals surface area (Å²) in [7, 11) is 0. The molecule has 0 amide bonds. The summed E-state index contributed by atoms with van der Waals surface area (Å²) in [6.45, 7) is 2.05. The quantitative estimate of drug-likeness (QED) is 0.670. The largest absolute Gasteiger partial charge is 0.382 e. The Labute approximate surface area is 136 Å². The van der Waals surface area contributed by atoms with Crippen LogP contribution in [0.3, 0.4) is 0 Å². The Hall–Kier alpha value is -1.78. The van der Waals surface area contributed by atoms with E-state index in [1.54, 1.807) is 0 Å². The topological polar surface area (TPSA) is 54.7 Å². The van der Waals surface area contributed by atoms with Crippen LogP contribution in [0.15, 0.2) is 46.9 Å². The van der Waals surface area contributed by atoms with Crippen molar-refractivity contribution >= 4 is 33.3 Å². The predicted octanol–water partition coefficient (Wildman–Crippen LogP) is 5.05. The molecule has 0 saturated heterocycles. The van der Waals surface area contributed by atoms with E-state index in [0.29, 0.717) is 10.8 Å². The van der Waals surface area contributed by atoms with Crippen molar-refractivity contribution in [2.75, 3.05) is 5.73 Å². The Kier molecular flexibility index (Phi) is 3.74. The fourth-order valence-electron chi connectivity index (χ4n) is 2.26. The zero-order valence-corrected chi connectivity index (χ0v) is 13.7. The van der Waals surface area contributed by atoms with Crippen LogP contribution in [0.4, 0.5) is 5.82 Å². The number of nitrogens with one attached hydrogen (secondary N) is 1. The van der Waals surface area contributed by atoms with E-state index in [-0.39, 0.29) is 0 Å². The first-order valence-electron chi connectivity index (χ1n) is 6.43. The number of aryl methyl sites for hydroxylation is 1. The number of anilines is 1. The molecule has 106 valence electrons. The molecule has 3 rings (SSSR count). The van der Waals surface area contributed by atoms with Crippen molar-refractivity contribution in [1.29, 1.82) is 0 Å². The lowest BCUT2D eigenvalue weighted by Crippen LogP contribution is -1.89. The number of aromatic nitrogens is 2. The highest BCUT2D eigenvalue weighted by atomic mass is 79.9. The molecule has 0 fully saturated rings. The van der Waals surface area contributed by atoms with Gasteiger partial charge in [0.2, 0.25) is 0 Å². The first kappa shape index (κ1) is 14.2. The zero-order chi connectivity index (χ0) is 15.0. The number of halogens is 2. The smallest absolute Gasteiger partial charge is 0.153 e. The second kappa shape index (κ2) is 5.54. The Morgan fingerprint density at radius 3 is 2.57 bits per heavy atom. The van der Waals surface area contributed by atoms with Crippen LogP contribution in [0.5, 0.6) is 0 Å². The van der Waals surface area contributed by atoms with E-state index >= 15 is 0 Å². The minimum Gasteiger partial charge on any atom is -0.382 e. The highest BCUT2D eigenvalue weighted by molar-refractivity contribution is 9.10. The van der Waals surface area contributed by atoms with E-state index < -0.39 is 0 Å². The van der Waals surface area contributed by atoms with Gasteiger partial charge in [-0.3, -0.25) is 5.10 Å². The number of hydrogen-bond donors (Lipinski definition) is 2. The lowest BCUT2D eigenvalue weighted by Gasteiger charge is -2.08. The molecule has 0 atom stereocenters. The van der Waals surface area contributed by atoms with Crippen molar-refractivity contribution in [3.05, 3.63) is 57.5 Å². The van der Waals surface area contributed by atoms with Crippen LogP contribution in [-0.2, 0) is 0 Å². The van der Waals surface area contributed by atoms with Crippen LogP contribution in [0, 0.1) is 6.92 Å². The summed E-state index contributed by atoms with van der Waals surface area (Å²) in [5, 5.41) is 7.77. The second-order valence-electron chi connectivity index (χ2n) is 4.83. The van der Waals surface area contributed by atoms with Gasteiger partial charge in [0.15, 0.2) is 5.82 Å². The Bertz CT molecular complexity index is 794. The van der Waals surface area contributed by atoms with Gasteiger partial charge in [-0.25, -0.2) is 0 Å². The second-order valence-corrected chi connectivity index (χ2v) is 6.06. The van der Waals surface area contributed by atoms with Crippen LogP contribution in [0.25, 0.3) is 22.4 Å². The van der Waals surface area contributed by atoms with Crippen LogP contribution in [-0.4, -0.2) is 10.2 Å². The van der Waals surface area contributed by atoms with Crippen molar-refractivity contribution in [1.82, 2.24) is 10.2 Å². The number of aromatic amines is 1. The van der Waals surface area contributed by atoms with E-state index in [4.69, 9.17) is 17.3 Å². The fraction of sp³-hybridized carbons (Fsp3) is 0.0625. The molecular weight excluding hydrogens is 350 g/mol. The lowest BCUT2D eigenvalue weighted by molar-refractivity contribution is 1.10. The van der Waals surface area contributed by atoms with Crippen molar-refractivity contribution in [3.63, 3.8) is 0 Å². The zero-order valence-electron chi connectivity index (χ0n) is 11.3. The van der Waals surface area contributed by atoms with Gasteiger partial charge < -0.3 is 5.73 Å². The third-order valence-electron chi connectivity index (χ3n) is 3.36. The monoisotopic (exact) mass is 361 g/mol. The normalized spacial score (nSPS) is 10.8. The van der Waals surface area contributed by atoms with Gasteiger partial charge >= 0.3 is 0 Å². The summed E-state index contributed by atoms with van der Waals surface area (Å²) in [5.41, 5.74) is 10.8. The Morgan fingerprint density at radius 1 is 1.14 bits per heavy atom. The average Bonchev–Trinajstić information content (AvgIpc) is 2.85. The number of nitrogen functional groups attached to an aromatic ring is 1. The van der Waals surface area contributed by atoms with Gasteiger partial charge in [0.1, 0.15) is 0 Å². The maximum absolute atomic E-state index is 6.39. The van der Waals surface area contributed by atoms with Crippen LogP contribution in [0.2, 0.25) is 5.02 Å². The highest BCUT2D eigenvalue weighted by Gasteiger charge is 2.17.